The van der Waals surface area contributed by atoms with Crippen LogP contribution in [0.25, 0.3) is 11.4 Å². The van der Waals surface area contributed by atoms with Gasteiger partial charge in [-0.05, 0) is 61.6 Å². The minimum Gasteiger partial charge on any atom is -0.340 e. The molecule has 0 radical (unpaired) electrons. The number of nitrogens with zero attached hydrogens (tertiary/aromatic N) is 3. The Hall–Kier alpha value is -2.90. The van der Waals surface area contributed by atoms with Crippen molar-refractivity contribution in [3.63, 3.8) is 0 Å². The molecule has 1 heterocycles. The molecule has 0 amide bonds. The van der Waals surface area contributed by atoms with Crippen molar-refractivity contribution in [2.24, 2.45) is 0 Å². The highest BCUT2D eigenvalue weighted by Gasteiger charge is 2.20. The predicted molar refractivity (Wildman–Crippen MR) is 108 cm³/mol. The Morgan fingerprint density at radius 1 is 1.15 bits per heavy atom. The Kier molecular flexibility index (Phi) is 4.79. The summed E-state index contributed by atoms with van der Waals surface area (Å²) >= 11 is 6.15. The zero-order valence-electron chi connectivity index (χ0n) is 15.1. The van der Waals surface area contributed by atoms with Crippen LogP contribution in [0.2, 0.25) is 5.02 Å². The van der Waals surface area contributed by atoms with Gasteiger partial charge in [-0.25, -0.2) is 9.97 Å². The van der Waals surface area contributed by atoms with Crippen molar-refractivity contribution < 1.29 is 0 Å². The van der Waals surface area contributed by atoms with Crippen molar-refractivity contribution in [2.75, 3.05) is 5.32 Å². The van der Waals surface area contributed by atoms with Crippen LogP contribution >= 0.6 is 11.6 Å². The third-order valence-corrected chi connectivity index (χ3v) is 5.13. The van der Waals surface area contributed by atoms with Crippen molar-refractivity contribution in [1.82, 2.24) is 9.97 Å². The van der Waals surface area contributed by atoms with E-state index in [9.17, 15) is 0 Å². The third-order valence-electron chi connectivity index (χ3n) is 4.89. The van der Waals surface area contributed by atoms with E-state index in [1.54, 1.807) is 0 Å². The summed E-state index contributed by atoms with van der Waals surface area (Å²) < 4.78 is 0. The van der Waals surface area contributed by atoms with Gasteiger partial charge < -0.3 is 5.32 Å². The largest absolute Gasteiger partial charge is 0.340 e. The van der Waals surface area contributed by atoms with Gasteiger partial charge in [0.05, 0.1) is 12.5 Å². The van der Waals surface area contributed by atoms with Gasteiger partial charge in [0, 0.05) is 27.5 Å². The second-order valence-corrected chi connectivity index (χ2v) is 7.22. The number of nitriles is 1. The molecule has 1 aliphatic rings. The second-order valence-electron chi connectivity index (χ2n) is 6.79. The van der Waals surface area contributed by atoms with Crippen molar-refractivity contribution in [3.05, 3.63) is 69.9 Å². The summed E-state index contributed by atoms with van der Waals surface area (Å²) in [6, 6.07) is 15.9. The minimum absolute atomic E-state index is 0.425. The molecule has 0 spiro atoms. The summed E-state index contributed by atoms with van der Waals surface area (Å²) in [5.74, 6) is 1.55. The summed E-state index contributed by atoms with van der Waals surface area (Å²) in [7, 11) is 0. The molecular formula is C22H19ClN4. The quantitative estimate of drug-likeness (QED) is 0.663. The van der Waals surface area contributed by atoms with E-state index in [1.807, 2.05) is 43.3 Å². The molecule has 1 N–H and O–H groups in total. The van der Waals surface area contributed by atoms with Gasteiger partial charge in [0.15, 0.2) is 5.82 Å². The van der Waals surface area contributed by atoms with E-state index in [4.69, 9.17) is 26.8 Å². The molecule has 4 nitrogen and oxygen atoms in total. The maximum Gasteiger partial charge on any atom is 0.161 e. The first kappa shape index (κ1) is 17.5. The topological polar surface area (TPSA) is 61.6 Å². The fourth-order valence-corrected chi connectivity index (χ4v) is 3.68. The number of benzene rings is 2. The molecule has 5 heteroatoms. The summed E-state index contributed by atoms with van der Waals surface area (Å²) in [4.78, 5) is 9.58. The van der Waals surface area contributed by atoms with Crippen molar-refractivity contribution >= 4 is 23.1 Å². The Balaban J connectivity index is 1.72. The number of anilines is 2. The molecule has 0 saturated carbocycles. The Bertz CT molecular complexity index is 1050. The highest BCUT2D eigenvalue weighted by molar-refractivity contribution is 6.30. The molecule has 0 unspecified atom stereocenters. The molecule has 0 fully saturated rings. The molecule has 2 aromatic carbocycles. The molecular weight excluding hydrogens is 356 g/mol. The van der Waals surface area contributed by atoms with E-state index in [0.717, 1.165) is 53.2 Å². The standard InChI is InChI=1S/C22H19ClN4/c1-14-12-18(9-8-15(14)10-11-24)25-22-19-6-3-7-20(19)26-21(27-22)16-4-2-5-17(23)13-16/h2,4-5,8-9,12-13H,3,6-7,10H2,1H3,(H,25,26,27). The van der Waals surface area contributed by atoms with Crippen LogP contribution in [0.15, 0.2) is 42.5 Å². The monoisotopic (exact) mass is 374 g/mol. The van der Waals surface area contributed by atoms with Gasteiger partial charge in [-0.2, -0.15) is 5.26 Å². The van der Waals surface area contributed by atoms with Crippen LogP contribution in [0.4, 0.5) is 11.5 Å². The molecule has 27 heavy (non-hydrogen) atoms. The lowest BCUT2D eigenvalue weighted by atomic mass is 10.1. The normalized spacial score (nSPS) is 12.5. The Labute approximate surface area is 163 Å². The number of halogens is 1. The molecule has 1 aromatic heterocycles. The average Bonchev–Trinajstić information content (AvgIpc) is 3.13. The lowest BCUT2D eigenvalue weighted by Gasteiger charge is -2.14. The summed E-state index contributed by atoms with van der Waals surface area (Å²) in [5, 5.41) is 13.1. The molecule has 1 aliphatic carbocycles. The molecule has 0 aliphatic heterocycles. The van der Waals surface area contributed by atoms with E-state index in [1.165, 1.54) is 5.56 Å². The summed E-state index contributed by atoms with van der Waals surface area (Å²) in [6.07, 6.45) is 3.48. The third kappa shape index (κ3) is 3.65. The molecule has 0 bridgehead atoms. The van der Waals surface area contributed by atoms with Crippen molar-refractivity contribution in [1.29, 1.82) is 5.26 Å². The highest BCUT2D eigenvalue weighted by atomic mass is 35.5. The van der Waals surface area contributed by atoms with Gasteiger partial charge in [0.1, 0.15) is 5.82 Å². The maximum absolute atomic E-state index is 8.92. The fourth-order valence-electron chi connectivity index (χ4n) is 3.49. The number of rotatable bonds is 4. The molecule has 0 saturated heterocycles. The first-order valence-corrected chi connectivity index (χ1v) is 9.41. The number of aromatic nitrogens is 2. The number of hydrogen-bond donors (Lipinski definition) is 1. The number of aryl methyl sites for hydroxylation is 2. The molecule has 0 atom stereocenters. The predicted octanol–water partition coefficient (Wildman–Crippen LogP) is 5.40. The zero-order valence-corrected chi connectivity index (χ0v) is 15.8. The first-order chi connectivity index (χ1) is 13.1. The van der Waals surface area contributed by atoms with Gasteiger partial charge in [0.25, 0.3) is 0 Å². The van der Waals surface area contributed by atoms with Crippen molar-refractivity contribution in [3.8, 4) is 17.5 Å². The summed E-state index contributed by atoms with van der Waals surface area (Å²) in [6.45, 7) is 2.03. The highest BCUT2D eigenvalue weighted by Crippen LogP contribution is 2.32. The van der Waals surface area contributed by atoms with Crippen LogP contribution in [0.5, 0.6) is 0 Å². The van der Waals surface area contributed by atoms with E-state index >= 15 is 0 Å². The van der Waals surface area contributed by atoms with Crippen LogP contribution in [0.3, 0.4) is 0 Å². The number of hydrogen-bond acceptors (Lipinski definition) is 4. The van der Waals surface area contributed by atoms with Crippen LogP contribution in [0, 0.1) is 18.3 Å². The van der Waals surface area contributed by atoms with Gasteiger partial charge in [-0.1, -0.05) is 29.8 Å². The Morgan fingerprint density at radius 2 is 2.04 bits per heavy atom. The maximum atomic E-state index is 8.92. The number of nitrogens with one attached hydrogen (secondary N) is 1. The Morgan fingerprint density at radius 3 is 2.81 bits per heavy atom. The van der Waals surface area contributed by atoms with Gasteiger partial charge in [-0.15, -0.1) is 0 Å². The van der Waals surface area contributed by atoms with Crippen molar-refractivity contribution in [2.45, 2.75) is 32.6 Å². The lowest BCUT2D eigenvalue weighted by Crippen LogP contribution is -2.04. The summed E-state index contributed by atoms with van der Waals surface area (Å²) in [5.41, 5.74) is 6.34. The van der Waals surface area contributed by atoms with E-state index in [0.29, 0.717) is 17.3 Å². The van der Waals surface area contributed by atoms with Crippen LogP contribution in [-0.2, 0) is 19.3 Å². The zero-order chi connectivity index (χ0) is 18.8. The minimum atomic E-state index is 0.425. The van der Waals surface area contributed by atoms with Crippen LogP contribution in [0.1, 0.15) is 28.8 Å². The molecule has 4 rings (SSSR count). The molecule has 3 aromatic rings. The lowest BCUT2D eigenvalue weighted by molar-refractivity contribution is 0.900. The molecule has 134 valence electrons. The number of fused-ring (bicyclic) bond motifs is 1. The van der Waals surface area contributed by atoms with Gasteiger partial charge in [-0.3, -0.25) is 0 Å². The van der Waals surface area contributed by atoms with E-state index in [-0.39, 0.29) is 0 Å². The average molecular weight is 375 g/mol. The van der Waals surface area contributed by atoms with Gasteiger partial charge in [0.2, 0.25) is 0 Å². The van der Waals surface area contributed by atoms with E-state index < -0.39 is 0 Å². The SMILES string of the molecule is Cc1cc(Nc2nc(-c3cccc(Cl)c3)nc3c2CCC3)ccc1CC#N. The smallest absolute Gasteiger partial charge is 0.161 e. The first-order valence-electron chi connectivity index (χ1n) is 9.03. The van der Waals surface area contributed by atoms with Gasteiger partial charge >= 0.3 is 0 Å². The fraction of sp³-hybridized carbons (Fsp3) is 0.227. The van der Waals surface area contributed by atoms with Crippen LogP contribution < -0.4 is 5.32 Å². The van der Waals surface area contributed by atoms with Crippen LogP contribution in [-0.4, -0.2) is 9.97 Å². The second kappa shape index (κ2) is 7.38. The van der Waals surface area contributed by atoms with E-state index in [2.05, 4.69) is 17.5 Å².